The summed E-state index contributed by atoms with van der Waals surface area (Å²) in [6, 6.07) is 10.5. The second-order valence-electron chi connectivity index (χ2n) is 7.86. The van der Waals surface area contributed by atoms with Crippen molar-refractivity contribution in [3.05, 3.63) is 65.1 Å². The van der Waals surface area contributed by atoms with Gasteiger partial charge in [-0.2, -0.15) is 9.78 Å². The number of hydrogen-bond acceptors (Lipinski definition) is 5. The molecule has 9 heteroatoms. The van der Waals surface area contributed by atoms with Crippen molar-refractivity contribution in [2.24, 2.45) is 5.92 Å². The largest absolute Gasteiger partial charge is 0.341 e. The summed E-state index contributed by atoms with van der Waals surface area (Å²) >= 11 is 5.98. The minimum atomic E-state index is -0.771. The van der Waals surface area contributed by atoms with E-state index in [9.17, 15) is 9.59 Å². The number of amides is 2. The Kier molecular flexibility index (Phi) is 5.99. The number of halogens is 1. The fourth-order valence-corrected chi connectivity index (χ4v) is 3.40. The zero-order valence-corrected chi connectivity index (χ0v) is 18.0. The molecule has 1 aliphatic rings. The van der Waals surface area contributed by atoms with Crippen LogP contribution in [0.25, 0.3) is 5.95 Å². The molecule has 0 saturated heterocycles. The van der Waals surface area contributed by atoms with Gasteiger partial charge in [-0.25, -0.2) is 9.97 Å². The third kappa shape index (κ3) is 4.91. The lowest BCUT2D eigenvalue weighted by Crippen LogP contribution is -2.39. The molecule has 1 saturated carbocycles. The average Bonchev–Trinajstić information content (AvgIpc) is 3.52. The molecule has 1 atom stereocenters. The van der Waals surface area contributed by atoms with E-state index >= 15 is 0 Å². The number of anilines is 1. The summed E-state index contributed by atoms with van der Waals surface area (Å²) in [6.45, 7) is 3.98. The van der Waals surface area contributed by atoms with E-state index in [1.54, 1.807) is 36.7 Å². The summed E-state index contributed by atoms with van der Waals surface area (Å²) in [5, 5.41) is 10.6. The minimum Gasteiger partial charge on any atom is -0.341 e. The normalized spacial score (nSPS) is 14.3. The Hall–Kier alpha value is -3.26. The van der Waals surface area contributed by atoms with Crippen molar-refractivity contribution in [3.63, 3.8) is 0 Å². The van der Waals surface area contributed by atoms with Gasteiger partial charge in [0, 0.05) is 23.5 Å². The number of carbonyl (C=O) groups excluding carboxylic acids is 2. The van der Waals surface area contributed by atoms with E-state index in [0.29, 0.717) is 22.7 Å². The first kappa shape index (κ1) is 21.0. The molecule has 1 aliphatic carbocycles. The highest BCUT2D eigenvalue weighted by molar-refractivity contribution is 6.39. The van der Waals surface area contributed by atoms with Gasteiger partial charge < -0.3 is 10.6 Å². The van der Waals surface area contributed by atoms with E-state index in [0.717, 1.165) is 24.1 Å². The lowest BCUT2D eigenvalue weighted by molar-refractivity contribution is -0.136. The SMILES string of the molecule is CC(C)c1cc(NC(=O)C(=O)N[C@@H](c2ccc(Cl)cc2)C2CC2)n(-c2ncccn2)n1. The van der Waals surface area contributed by atoms with E-state index in [4.69, 9.17) is 11.6 Å². The molecular formula is C22H23ClN6O2. The number of nitrogens with zero attached hydrogens (tertiary/aromatic N) is 4. The molecule has 4 rings (SSSR count). The predicted molar refractivity (Wildman–Crippen MR) is 117 cm³/mol. The maximum absolute atomic E-state index is 12.7. The topological polar surface area (TPSA) is 102 Å². The molecular weight excluding hydrogens is 416 g/mol. The minimum absolute atomic E-state index is 0.124. The predicted octanol–water partition coefficient (Wildman–Crippen LogP) is 3.65. The first-order valence-electron chi connectivity index (χ1n) is 10.2. The van der Waals surface area contributed by atoms with Crippen LogP contribution in [0.2, 0.25) is 5.02 Å². The molecule has 3 aromatic rings. The maximum Gasteiger partial charge on any atom is 0.314 e. The second-order valence-corrected chi connectivity index (χ2v) is 8.30. The summed E-state index contributed by atoms with van der Waals surface area (Å²) in [4.78, 5) is 33.8. The van der Waals surface area contributed by atoms with Gasteiger partial charge in [0.2, 0.25) is 0 Å². The molecule has 1 aromatic carbocycles. The van der Waals surface area contributed by atoms with Gasteiger partial charge in [-0.15, -0.1) is 0 Å². The molecule has 2 aromatic heterocycles. The zero-order valence-electron chi connectivity index (χ0n) is 17.2. The van der Waals surface area contributed by atoms with Crippen molar-refractivity contribution >= 4 is 29.2 Å². The standard InChI is InChI=1S/C22H23ClN6O2/c1-13(2)17-12-18(29(28-17)22-24-10-3-11-25-22)26-20(30)21(31)27-19(14-4-5-14)15-6-8-16(23)9-7-15/h3,6-14,19H,4-5H2,1-2H3,(H,26,30)(H,27,31)/t19-/m1/s1. The summed E-state index contributed by atoms with van der Waals surface area (Å²) in [5.74, 6) is -0.398. The summed E-state index contributed by atoms with van der Waals surface area (Å²) in [6.07, 6.45) is 5.18. The van der Waals surface area contributed by atoms with Gasteiger partial charge in [0.1, 0.15) is 5.82 Å². The van der Waals surface area contributed by atoms with Crippen LogP contribution in [-0.2, 0) is 9.59 Å². The summed E-state index contributed by atoms with van der Waals surface area (Å²) in [5.41, 5.74) is 1.68. The van der Waals surface area contributed by atoms with E-state index in [-0.39, 0.29) is 12.0 Å². The van der Waals surface area contributed by atoms with E-state index in [2.05, 4.69) is 25.7 Å². The van der Waals surface area contributed by atoms with Crippen molar-refractivity contribution in [1.29, 1.82) is 0 Å². The fraction of sp³-hybridized carbons (Fsp3) is 0.318. The zero-order chi connectivity index (χ0) is 22.0. The van der Waals surface area contributed by atoms with Crippen molar-refractivity contribution in [1.82, 2.24) is 25.1 Å². The Morgan fingerprint density at radius 1 is 1.10 bits per heavy atom. The Bertz CT molecular complexity index is 1080. The van der Waals surface area contributed by atoms with Gasteiger partial charge in [-0.05, 0) is 48.4 Å². The number of aromatic nitrogens is 4. The van der Waals surface area contributed by atoms with Gasteiger partial charge >= 0.3 is 11.8 Å². The first-order chi connectivity index (χ1) is 14.9. The van der Waals surface area contributed by atoms with Crippen LogP contribution in [0, 0.1) is 5.92 Å². The van der Waals surface area contributed by atoms with Gasteiger partial charge in [0.15, 0.2) is 0 Å². The van der Waals surface area contributed by atoms with Gasteiger partial charge in [0.05, 0.1) is 11.7 Å². The van der Waals surface area contributed by atoms with E-state index in [1.165, 1.54) is 4.68 Å². The number of hydrogen-bond donors (Lipinski definition) is 2. The molecule has 0 radical (unpaired) electrons. The van der Waals surface area contributed by atoms with Crippen LogP contribution in [0.5, 0.6) is 0 Å². The Morgan fingerprint density at radius 2 is 1.77 bits per heavy atom. The number of benzene rings is 1. The molecule has 0 unspecified atom stereocenters. The smallest absolute Gasteiger partial charge is 0.314 e. The van der Waals surface area contributed by atoms with Gasteiger partial charge in [-0.3, -0.25) is 9.59 Å². The number of rotatable bonds is 6. The molecule has 0 bridgehead atoms. The highest BCUT2D eigenvalue weighted by Gasteiger charge is 2.34. The van der Waals surface area contributed by atoms with Crippen LogP contribution >= 0.6 is 11.6 Å². The number of nitrogens with one attached hydrogen (secondary N) is 2. The Morgan fingerprint density at radius 3 is 2.39 bits per heavy atom. The molecule has 0 spiro atoms. The molecule has 1 fully saturated rings. The van der Waals surface area contributed by atoms with Crippen LogP contribution in [-0.4, -0.2) is 31.6 Å². The lowest BCUT2D eigenvalue weighted by atomic mass is 10.0. The summed E-state index contributed by atoms with van der Waals surface area (Å²) in [7, 11) is 0. The molecule has 8 nitrogen and oxygen atoms in total. The van der Waals surface area contributed by atoms with Crippen molar-refractivity contribution in [2.45, 2.75) is 38.6 Å². The highest BCUT2D eigenvalue weighted by atomic mass is 35.5. The van der Waals surface area contributed by atoms with Crippen molar-refractivity contribution < 1.29 is 9.59 Å². The molecule has 160 valence electrons. The lowest BCUT2D eigenvalue weighted by Gasteiger charge is -2.18. The maximum atomic E-state index is 12.7. The third-order valence-corrected chi connectivity index (χ3v) is 5.37. The molecule has 0 aliphatic heterocycles. The molecule has 2 amide bonds. The fourth-order valence-electron chi connectivity index (χ4n) is 3.28. The Balaban J connectivity index is 1.52. The van der Waals surface area contributed by atoms with Crippen LogP contribution in [0.1, 0.15) is 49.9 Å². The molecule has 31 heavy (non-hydrogen) atoms. The van der Waals surface area contributed by atoms with Crippen LogP contribution in [0.4, 0.5) is 5.82 Å². The van der Waals surface area contributed by atoms with Gasteiger partial charge in [-0.1, -0.05) is 37.6 Å². The van der Waals surface area contributed by atoms with Crippen LogP contribution < -0.4 is 10.6 Å². The van der Waals surface area contributed by atoms with Crippen LogP contribution in [0.3, 0.4) is 0 Å². The monoisotopic (exact) mass is 438 g/mol. The average molecular weight is 439 g/mol. The third-order valence-electron chi connectivity index (χ3n) is 5.12. The number of carbonyl (C=O) groups is 2. The van der Waals surface area contributed by atoms with Crippen molar-refractivity contribution in [3.8, 4) is 5.95 Å². The first-order valence-corrected chi connectivity index (χ1v) is 10.5. The second kappa shape index (κ2) is 8.85. The van der Waals surface area contributed by atoms with E-state index < -0.39 is 11.8 Å². The Labute approximate surface area is 185 Å². The van der Waals surface area contributed by atoms with Gasteiger partial charge in [0.25, 0.3) is 5.95 Å². The van der Waals surface area contributed by atoms with E-state index in [1.807, 2.05) is 26.0 Å². The molecule has 2 heterocycles. The van der Waals surface area contributed by atoms with Crippen molar-refractivity contribution in [2.75, 3.05) is 5.32 Å². The van der Waals surface area contributed by atoms with Crippen LogP contribution in [0.15, 0.2) is 48.8 Å². The highest BCUT2D eigenvalue weighted by Crippen LogP contribution is 2.41. The molecule has 2 N–H and O–H groups in total. The summed E-state index contributed by atoms with van der Waals surface area (Å²) < 4.78 is 1.43. The quantitative estimate of drug-likeness (QED) is 0.572.